The number of halogens is 2. The zero-order valence-corrected chi connectivity index (χ0v) is 19.0. The summed E-state index contributed by atoms with van der Waals surface area (Å²) < 4.78 is 13.1. The first-order valence-electron chi connectivity index (χ1n) is 9.10. The second-order valence-corrected chi connectivity index (χ2v) is 7.62. The number of amides is 1. The van der Waals surface area contributed by atoms with Gasteiger partial charge in [0.1, 0.15) is 25.5 Å². The second kappa shape index (κ2) is 10.7. The molecule has 0 aliphatic rings. The molecule has 1 heterocycles. The Morgan fingerprint density at radius 1 is 1.41 bits per heavy atom. The molecular weight excluding hydrogens is 506 g/mol. The number of ether oxygens (including phenoxy) is 2. The van der Waals surface area contributed by atoms with E-state index in [0.29, 0.717) is 26.6 Å². The summed E-state index contributed by atoms with van der Waals surface area (Å²) in [6, 6.07) is 10.8. The minimum absolute atomic E-state index is 0.199. The molecule has 3 aromatic rings. The van der Waals surface area contributed by atoms with Crippen molar-refractivity contribution >= 4 is 45.3 Å². The van der Waals surface area contributed by atoms with Gasteiger partial charge in [0.05, 0.1) is 22.7 Å². The highest BCUT2D eigenvalue weighted by molar-refractivity contribution is 9.10. The molecule has 0 spiro atoms. The number of nitrogens with one attached hydrogen (secondary N) is 1. The highest BCUT2D eigenvalue weighted by Crippen LogP contribution is 2.37. The number of nitro groups is 1. The van der Waals surface area contributed by atoms with Crippen LogP contribution < -0.4 is 14.9 Å². The molecule has 0 aliphatic heterocycles. The van der Waals surface area contributed by atoms with Gasteiger partial charge in [0.2, 0.25) is 0 Å². The lowest BCUT2D eigenvalue weighted by molar-refractivity contribution is -0.385. The molecule has 32 heavy (non-hydrogen) atoms. The first kappa shape index (κ1) is 23.2. The number of hydrogen-bond donors (Lipinski definition) is 1. The van der Waals surface area contributed by atoms with Crippen molar-refractivity contribution in [3.8, 4) is 11.5 Å². The van der Waals surface area contributed by atoms with Crippen molar-refractivity contribution in [3.05, 3.63) is 79.5 Å². The standard InChI is InChI=1S/C20H17BrClN5O5/c1-31-18-7-13(6-16(21)20(18)32-12-14-4-2-3-5-17(14)22)8-23-25-19(28)11-26-10-15(9-24-26)27(29)30/h2-10H,11-12H2,1H3,(H,25,28)/b23-8+. The number of carbonyl (C=O) groups is 1. The lowest BCUT2D eigenvalue weighted by atomic mass is 10.2. The lowest BCUT2D eigenvalue weighted by Crippen LogP contribution is -2.23. The van der Waals surface area contributed by atoms with Gasteiger partial charge in [0.25, 0.3) is 5.91 Å². The van der Waals surface area contributed by atoms with Gasteiger partial charge in [0.15, 0.2) is 11.5 Å². The number of methoxy groups -OCH3 is 1. The summed E-state index contributed by atoms with van der Waals surface area (Å²) in [4.78, 5) is 22.0. The molecule has 2 aromatic carbocycles. The van der Waals surface area contributed by atoms with Crippen LogP contribution in [0.25, 0.3) is 0 Å². The molecule has 0 saturated heterocycles. The van der Waals surface area contributed by atoms with E-state index >= 15 is 0 Å². The van der Waals surface area contributed by atoms with Crippen LogP contribution in [0.4, 0.5) is 5.69 Å². The van der Waals surface area contributed by atoms with Gasteiger partial charge >= 0.3 is 5.69 Å². The quantitative estimate of drug-likeness (QED) is 0.258. The van der Waals surface area contributed by atoms with E-state index in [0.717, 1.165) is 22.6 Å². The monoisotopic (exact) mass is 521 g/mol. The Bertz CT molecular complexity index is 1170. The van der Waals surface area contributed by atoms with Gasteiger partial charge in [-0.3, -0.25) is 19.6 Å². The molecule has 1 amide bonds. The fraction of sp³-hybridized carbons (Fsp3) is 0.150. The van der Waals surface area contributed by atoms with Gasteiger partial charge in [-0.25, -0.2) is 5.43 Å². The molecule has 3 rings (SSSR count). The molecule has 0 radical (unpaired) electrons. The summed E-state index contributed by atoms with van der Waals surface area (Å²) in [6.45, 7) is 0.0384. The van der Waals surface area contributed by atoms with Gasteiger partial charge in [0, 0.05) is 10.6 Å². The van der Waals surface area contributed by atoms with Crippen molar-refractivity contribution in [1.29, 1.82) is 0 Å². The van der Waals surface area contributed by atoms with Gasteiger partial charge in [-0.2, -0.15) is 10.2 Å². The van der Waals surface area contributed by atoms with Crippen molar-refractivity contribution in [2.75, 3.05) is 7.11 Å². The van der Waals surface area contributed by atoms with Crippen molar-refractivity contribution < 1.29 is 19.2 Å². The number of hydrogen-bond acceptors (Lipinski definition) is 7. The van der Waals surface area contributed by atoms with Crippen molar-refractivity contribution in [1.82, 2.24) is 15.2 Å². The van der Waals surface area contributed by atoms with E-state index < -0.39 is 10.8 Å². The number of benzene rings is 2. The Labute approximate surface area is 196 Å². The Hall–Kier alpha value is -3.44. The van der Waals surface area contributed by atoms with Gasteiger partial charge in [-0.15, -0.1) is 0 Å². The van der Waals surface area contributed by atoms with Crippen LogP contribution in [-0.4, -0.2) is 33.9 Å². The summed E-state index contributed by atoms with van der Waals surface area (Å²) in [6.07, 6.45) is 3.65. The maximum Gasteiger partial charge on any atom is 0.307 e. The van der Waals surface area contributed by atoms with E-state index in [4.69, 9.17) is 21.1 Å². The zero-order valence-electron chi connectivity index (χ0n) is 16.7. The minimum Gasteiger partial charge on any atom is -0.493 e. The normalized spacial score (nSPS) is 10.8. The van der Waals surface area contributed by atoms with Crippen LogP contribution in [0.3, 0.4) is 0 Å². The van der Waals surface area contributed by atoms with Crippen LogP contribution in [-0.2, 0) is 17.9 Å². The highest BCUT2D eigenvalue weighted by atomic mass is 79.9. The van der Waals surface area contributed by atoms with Crippen LogP contribution in [0.5, 0.6) is 11.5 Å². The van der Waals surface area contributed by atoms with Gasteiger partial charge in [-0.05, 0) is 39.7 Å². The van der Waals surface area contributed by atoms with Crippen molar-refractivity contribution in [2.45, 2.75) is 13.2 Å². The predicted molar refractivity (Wildman–Crippen MR) is 121 cm³/mol. The van der Waals surface area contributed by atoms with E-state index in [-0.39, 0.29) is 18.8 Å². The number of rotatable bonds is 9. The number of aromatic nitrogens is 2. The molecule has 0 saturated carbocycles. The van der Waals surface area contributed by atoms with Crippen LogP contribution in [0.2, 0.25) is 5.02 Å². The topological polar surface area (TPSA) is 121 Å². The van der Waals surface area contributed by atoms with Gasteiger partial charge in [-0.1, -0.05) is 29.8 Å². The number of nitrogens with zero attached hydrogens (tertiary/aromatic N) is 4. The summed E-state index contributed by atoms with van der Waals surface area (Å²) >= 11 is 9.62. The first-order chi connectivity index (χ1) is 15.4. The fourth-order valence-corrected chi connectivity index (χ4v) is 3.38. The van der Waals surface area contributed by atoms with Gasteiger partial charge < -0.3 is 9.47 Å². The van der Waals surface area contributed by atoms with Crippen LogP contribution in [0.15, 0.2) is 58.4 Å². The Kier molecular flexibility index (Phi) is 7.79. The minimum atomic E-state index is -0.591. The molecule has 1 N–H and O–H groups in total. The third-order valence-corrected chi connectivity index (χ3v) is 5.08. The summed E-state index contributed by atoms with van der Waals surface area (Å²) in [7, 11) is 1.51. The molecule has 0 aliphatic carbocycles. The molecule has 1 aromatic heterocycles. The van der Waals surface area contributed by atoms with E-state index in [1.165, 1.54) is 13.3 Å². The molecule has 0 fully saturated rings. The summed E-state index contributed by atoms with van der Waals surface area (Å²) in [5, 5.41) is 18.9. The molecular formula is C20H17BrClN5O5. The van der Waals surface area contributed by atoms with Crippen molar-refractivity contribution in [2.24, 2.45) is 5.10 Å². The summed E-state index contributed by atoms with van der Waals surface area (Å²) in [5.74, 6) is 0.460. The second-order valence-electron chi connectivity index (χ2n) is 6.36. The third kappa shape index (κ3) is 6.05. The molecule has 0 bridgehead atoms. The largest absolute Gasteiger partial charge is 0.493 e. The number of carbonyl (C=O) groups excluding carboxylic acids is 1. The summed E-state index contributed by atoms with van der Waals surface area (Å²) in [5.41, 5.74) is 3.61. The Balaban J connectivity index is 1.63. The van der Waals surface area contributed by atoms with Crippen LogP contribution in [0, 0.1) is 10.1 Å². The van der Waals surface area contributed by atoms with Crippen molar-refractivity contribution in [3.63, 3.8) is 0 Å². The Morgan fingerprint density at radius 3 is 2.88 bits per heavy atom. The molecule has 0 atom stereocenters. The first-order valence-corrected chi connectivity index (χ1v) is 10.3. The maximum absolute atomic E-state index is 12.0. The smallest absolute Gasteiger partial charge is 0.307 e. The predicted octanol–water partition coefficient (Wildman–Crippen LogP) is 3.95. The van der Waals surface area contributed by atoms with E-state index in [2.05, 4.69) is 31.6 Å². The van der Waals surface area contributed by atoms with E-state index in [9.17, 15) is 14.9 Å². The SMILES string of the molecule is COc1cc(/C=N/NC(=O)Cn2cc([N+](=O)[O-])cn2)cc(Br)c1OCc1ccccc1Cl. The Morgan fingerprint density at radius 2 is 2.19 bits per heavy atom. The zero-order chi connectivity index (χ0) is 23.1. The lowest BCUT2D eigenvalue weighted by Gasteiger charge is -2.14. The molecule has 0 unspecified atom stereocenters. The van der Waals surface area contributed by atoms with Crippen LogP contribution in [0.1, 0.15) is 11.1 Å². The van der Waals surface area contributed by atoms with E-state index in [1.54, 1.807) is 18.2 Å². The molecule has 166 valence electrons. The average molecular weight is 523 g/mol. The average Bonchev–Trinajstić information content (AvgIpc) is 3.22. The maximum atomic E-state index is 12.0. The third-order valence-electron chi connectivity index (χ3n) is 4.12. The van der Waals surface area contributed by atoms with Crippen LogP contribution >= 0.6 is 27.5 Å². The highest BCUT2D eigenvalue weighted by Gasteiger charge is 2.13. The molecule has 12 heteroatoms. The van der Waals surface area contributed by atoms with E-state index in [1.807, 2.05) is 18.2 Å². The fourth-order valence-electron chi connectivity index (χ4n) is 2.61. The molecule has 10 nitrogen and oxygen atoms in total. The number of hydrazone groups is 1.